The van der Waals surface area contributed by atoms with E-state index in [-0.39, 0.29) is 11.7 Å². The van der Waals surface area contributed by atoms with E-state index in [0.29, 0.717) is 28.5 Å². The number of phenolic OH excluding ortho intramolecular Hbond substituents is 1. The third-order valence-electron chi connectivity index (χ3n) is 5.28. The molecule has 0 fully saturated rings. The van der Waals surface area contributed by atoms with Gasteiger partial charge in [-0.05, 0) is 55.2 Å². The number of aromatic hydroxyl groups is 1. The van der Waals surface area contributed by atoms with E-state index in [2.05, 4.69) is 36.3 Å². The number of phenols is 1. The fraction of sp³-hybridized carbons (Fsp3) is 0.250. The number of pyridine rings is 1. The molecule has 1 aliphatic heterocycles. The van der Waals surface area contributed by atoms with Crippen molar-refractivity contribution >= 4 is 11.6 Å². The van der Waals surface area contributed by atoms with Gasteiger partial charge in [-0.2, -0.15) is 0 Å². The van der Waals surface area contributed by atoms with Gasteiger partial charge in [0.15, 0.2) is 0 Å². The van der Waals surface area contributed by atoms with Gasteiger partial charge in [-0.3, -0.25) is 9.78 Å². The highest BCUT2D eigenvalue weighted by Gasteiger charge is 2.35. The predicted octanol–water partition coefficient (Wildman–Crippen LogP) is 5.46. The summed E-state index contributed by atoms with van der Waals surface area (Å²) in [5.41, 5.74) is 4.18. The van der Waals surface area contributed by atoms with Gasteiger partial charge >= 0.3 is 0 Å². The van der Waals surface area contributed by atoms with Crippen LogP contribution in [0, 0.1) is 0 Å². The van der Waals surface area contributed by atoms with E-state index in [4.69, 9.17) is 4.74 Å². The van der Waals surface area contributed by atoms with Gasteiger partial charge in [-0.25, -0.2) is 0 Å². The average Bonchev–Trinajstić information content (AvgIpc) is 2.67. The topological polar surface area (TPSA) is 71.5 Å². The van der Waals surface area contributed by atoms with Crippen LogP contribution in [0.25, 0.3) is 11.1 Å². The average molecular weight is 388 g/mol. The maximum atomic E-state index is 12.7. The molecular formula is C24H24N2O3. The van der Waals surface area contributed by atoms with Crippen molar-refractivity contribution < 1.29 is 14.6 Å². The molecule has 2 N–H and O–H groups in total. The number of benzene rings is 2. The van der Waals surface area contributed by atoms with Crippen LogP contribution in [0.3, 0.4) is 0 Å². The third-order valence-corrected chi connectivity index (χ3v) is 5.28. The lowest BCUT2D eigenvalue weighted by molar-refractivity contribution is 0.1000. The normalized spacial score (nSPS) is 14.0. The fourth-order valence-electron chi connectivity index (χ4n) is 3.69. The minimum atomic E-state index is -0.583. The third kappa shape index (κ3) is 3.44. The molecule has 0 atom stereocenters. The molecule has 0 aliphatic carbocycles. The number of carbonyl (C=O) groups is 1. The van der Waals surface area contributed by atoms with Crippen LogP contribution in [-0.2, 0) is 5.60 Å². The van der Waals surface area contributed by atoms with Gasteiger partial charge in [-0.15, -0.1) is 0 Å². The molecule has 29 heavy (non-hydrogen) atoms. The van der Waals surface area contributed by atoms with Gasteiger partial charge in [0.1, 0.15) is 17.1 Å². The molecule has 0 bridgehead atoms. The molecule has 0 saturated heterocycles. The Morgan fingerprint density at radius 2 is 1.83 bits per heavy atom. The number of rotatable bonds is 3. The van der Waals surface area contributed by atoms with Crippen molar-refractivity contribution in [3.63, 3.8) is 0 Å². The Morgan fingerprint density at radius 3 is 2.52 bits per heavy atom. The van der Waals surface area contributed by atoms with Crippen LogP contribution in [0.15, 0.2) is 54.9 Å². The summed E-state index contributed by atoms with van der Waals surface area (Å²) in [5.74, 6) is 0.595. The number of fused-ring (bicyclic) bond motifs is 3. The summed E-state index contributed by atoms with van der Waals surface area (Å²) in [6.45, 7) is 8.30. The SMILES string of the molecule is CC(C)c1ccc2c(c1)C(C)(C)Oc1cc(C(=O)Nc3ccncc3)cc(O)c1-2. The Hall–Kier alpha value is -3.34. The first-order valence-corrected chi connectivity index (χ1v) is 9.68. The zero-order valence-electron chi connectivity index (χ0n) is 17.0. The largest absolute Gasteiger partial charge is 0.507 e. The van der Waals surface area contributed by atoms with Crippen LogP contribution in [0.2, 0.25) is 0 Å². The number of ether oxygens (including phenoxy) is 1. The molecule has 2 aromatic carbocycles. The molecular weight excluding hydrogens is 364 g/mol. The first kappa shape index (κ1) is 19.0. The van der Waals surface area contributed by atoms with E-state index in [0.717, 1.165) is 11.1 Å². The molecule has 5 heteroatoms. The molecule has 2 heterocycles. The summed E-state index contributed by atoms with van der Waals surface area (Å²) >= 11 is 0. The molecule has 0 saturated carbocycles. The van der Waals surface area contributed by atoms with Crippen molar-refractivity contribution in [1.29, 1.82) is 0 Å². The summed E-state index contributed by atoms with van der Waals surface area (Å²) in [6.07, 6.45) is 3.21. The Balaban J connectivity index is 1.77. The second kappa shape index (κ2) is 6.92. The highest BCUT2D eigenvalue weighted by atomic mass is 16.5. The molecule has 148 valence electrons. The molecule has 0 radical (unpaired) electrons. The van der Waals surface area contributed by atoms with Crippen molar-refractivity contribution in [2.24, 2.45) is 0 Å². The van der Waals surface area contributed by atoms with Gasteiger partial charge in [0, 0.05) is 29.2 Å². The summed E-state index contributed by atoms with van der Waals surface area (Å²) in [7, 11) is 0. The number of amides is 1. The van der Waals surface area contributed by atoms with Crippen LogP contribution in [0.4, 0.5) is 5.69 Å². The minimum absolute atomic E-state index is 0.0245. The minimum Gasteiger partial charge on any atom is -0.507 e. The van der Waals surface area contributed by atoms with E-state index in [1.807, 2.05) is 19.9 Å². The molecule has 3 aromatic rings. The number of hydrogen-bond acceptors (Lipinski definition) is 4. The van der Waals surface area contributed by atoms with Crippen LogP contribution >= 0.6 is 0 Å². The molecule has 1 aromatic heterocycles. The van der Waals surface area contributed by atoms with Crippen molar-refractivity contribution in [2.45, 2.75) is 39.2 Å². The standard InChI is InChI=1S/C24H24N2O3/c1-14(2)15-5-6-18-19(11-15)24(3,4)29-21-13-16(12-20(27)22(18)21)23(28)26-17-7-9-25-10-8-17/h5-14,27H,1-4H3,(H,25,26,28). The number of hydrogen-bond donors (Lipinski definition) is 2. The monoisotopic (exact) mass is 388 g/mol. The fourth-order valence-corrected chi connectivity index (χ4v) is 3.69. The Labute approximate surface area is 170 Å². The highest BCUT2D eigenvalue weighted by Crippen LogP contribution is 2.50. The molecule has 0 spiro atoms. The van der Waals surface area contributed by atoms with E-state index in [9.17, 15) is 9.90 Å². The van der Waals surface area contributed by atoms with Crippen molar-refractivity contribution in [1.82, 2.24) is 4.98 Å². The van der Waals surface area contributed by atoms with Gasteiger partial charge < -0.3 is 15.2 Å². The summed E-state index contributed by atoms with van der Waals surface area (Å²) in [5, 5.41) is 13.6. The summed E-state index contributed by atoms with van der Waals surface area (Å²) in [6, 6.07) is 12.8. The summed E-state index contributed by atoms with van der Waals surface area (Å²) in [4.78, 5) is 16.6. The summed E-state index contributed by atoms with van der Waals surface area (Å²) < 4.78 is 6.25. The second-order valence-corrected chi connectivity index (χ2v) is 8.13. The molecule has 4 rings (SSSR count). The zero-order valence-corrected chi connectivity index (χ0v) is 17.0. The number of carbonyl (C=O) groups excluding carboxylic acids is 1. The highest BCUT2D eigenvalue weighted by molar-refractivity contribution is 6.05. The van der Waals surface area contributed by atoms with Crippen LogP contribution < -0.4 is 10.1 Å². The number of aromatic nitrogens is 1. The maximum Gasteiger partial charge on any atom is 0.255 e. The molecule has 5 nitrogen and oxygen atoms in total. The van der Waals surface area contributed by atoms with Crippen molar-refractivity contribution in [3.05, 3.63) is 71.5 Å². The van der Waals surface area contributed by atoms with Gasteiger partial charge in [0.05, 0.1) is 5.56 Å². The van der Waals surface area contributed by atoms with E-state index < -0.39 is 5.60 Å². The first-order chi connectivity index (χ1) is 13.8. The second-order valence-electron chi connectivity index (χ2n) is 8.13. The lowest BCUT2D eigenvalue weighted by atomic mass is 9.83. The Bertz CT molecular complexity index is 1090. The van der Waals surface area contributed by atoms with E-state index >= 15 is 0 Å². The van der Waals surface area contributed by atoms with E-state index in [1.54, 1.807) is 30.6 Å². The number of nitrogens with one attached hydrogen (secondary N) is 1. The van der Waals surface area contributed by atoms with Gasteiger partial charge in [0.2, 0.25) is 0 Å². The van der Waals surface area contributed by atoms with Gasteiger partial charge in [-0.1, -0.05) is 32.0 Å². The Kier molecular flexibility index (Phi) is 4.53. The quantitative estimate of drug-likeness (QED) is 0.625. The van der Waals surface area contributed by atoms with E-state index in [1.165, 1.54) is 11.6 Å². The molecule has 1 aliphatic rings. The van der Waals surface area contributed by atoms with Crippen LogP contribution in [0.5, 0.6) is 11.5 Å². The predicted molar refractivity (Wildman–Crippen MR) is 113 cm³/mol. The number of anilines is 1. The van der Waals surface area contributed by atoms with Gasteiger partial charge in [0.25, 0.3) is 5.91 Å². The van der Waals surface area contributed by atoms with Crippen LogP contribution in [0.1, 0.15) is 55.1 Å². The van der Waals surface area contributed by atoms with Crippen molar-refractivity contribution in [3.8, 4) is 22.6 Å². The zero-order chi connectivity index (χ0) is 20.8. The number of nitrogens with zero attached hydrogens (tertiary/aromatic N) is 1. The molecule has 0 unspecified atom stereocenters. The van der Waals surface area contributed by atoms with Crippen molar-refractivity contribution in [2.75, 3.05) is 5.32 Å². The smallest absolute Gasteiger partial charge is 0.255 e. The Morgan fingerprint density at radius 1 is 1.10 bits per heavy atom. The van der Waals surface area contributed by atoms with Crippen LogP contribution in [-0.4, -0.2) is 16.0 Å². The lowest BCUT2D eigenvalue weighted by Crippen LogP contribution is -2.30. The maximum absolute atomic E-state index is 12.7. The molecule has 1 amide bonds. The lowest BCUT2D eigenvalue weighted by Gasteiger charge is -2.36. The first-order valence-electron chi connectivity index (χ1n) is 9.68.